The number of nitrogens with one attached hydrogen (secondary N) is 1. The molecule has 0 saturated carbocycles. The van der Waals surface area contributed by atoms with Crippen molar-refractivity contribution in [3.8, 4) is 0 Å². The van der Waals surface area contributed by atoms with Crippen LogP contribution in [0.2, 0.25) is 0 Å². The van der Waals surface area contributed by atoms with Gasteiger partial charge in [-0.25, -0.2) is 0 Å². The second-order valence-electron chi connectivity index (χ2n) is 2.29. The topological polar surface area (TPSA) is 68.5 Å². The largest absolute Gasteiger partial charge is 0.469 e. The maximum atomic E-state index is 10.9. The van der Waals surface area contributed by atoms with Crippen LogP contribution in [0.5, 0.6) is 0 Å². The number of anilines is 1. The molecule has 1 amide bonds. The van der Waals surface area contributed by atoms with E-state index in [1.54, 1.807) is 6.07 Å². The number of rotatable bonds is 4. The summed E-state index contributed by atoms with van der Waals surface area (Å²) in [6, 6.07) is 1.60. The van der Waals surface area contributed by atoms with Crippen LogP contribution in [-0.4, -0.2) is 19.5 Å². The first-order valence-corrected chi connectivity index (χ1v) is 3.61. The van der Waals surface area contributed by atoms with Crippen LogP contribution in [0, 0.1) is 0 Å². The summed E-state index contributed by atoms with van der Waals surface area (Å²) >= 11 is 0. The molecule has 5 nitrogen and oxygen atoms in total. The monoisotopic (exact) mass is 183 g/mol. The van der Waals surface area contributed by atoms with Gasteiger partial charge in [-0.05, 0) is 6.07 Å². The molecule has 70 valence electrons. The van der Waals surface area contributed by atoms with E-state index in [0.717, 1.165) is 0 Å². The number of ether oxygens (including phenoxy) is 1. The molecule has 0 aromatic carbocycles. The fourth-order valence-corrected chi connectivity index (χ4v) is 0.883. The highest BCUT2D eigenvalue weighted by Gasteiger charge is 2.10. The average molecular weight is 183 g/mol. The van der Waals surface area contributed by atoms with Gasteiger partial charge >= 0.3 is 5.97 Å². The van der Waals surface area contributed by atoms with Crippen LogP contribution in [-0.2, 0) is 20.7 Å². The van der Waals surface area contributed by atoms with Gasteiger partial charge in [0.1, 0.15) is 0 Å². The Hall–Kier alpha value is -1.78. The summed E-state index contributed by atoms with van der Waals surface area (Å²) in [5, 5.41) is 2.33. The minimum Gasteiger partial charge on any atom is -0.469 e. The van der Waals surface area contributed by atoms with Gasteiger partial charge in [0.15, 0.2) is 0 Å². The molecule has 1 heterocycles. The van der Waals surface area contributed by atoms with Crippen molar-refractivity contribution >= 4 is 18.3 Å². The molecule has 1 aromatic rings. The predicted molar refractivity (Wildman–Crippen MR) is 44.1 cm³/mol. The third-order valence-corrected chi connectivity index (χ3v) is 1.50. The molecule has 1 rings (SSSR count). The van der Waals surface area contributed by atoms with Crippen molar-refractivity contribution in [1.29, 1.82) is 0 Å². The molecule has 0 radical (unpaired) electrons. The maximum absolute atomic E-state index is 10.9. The number of methoxy groups -OCH3 is 1. The van der Waals surface area contributed by atoms with Gasteiger partial charge in [-0.3, -0.25) is 14.9 Å². The number of carbonyl (C=O) groups is 2. The summed E-state index contributed by atoms with van der Waals surface area (Å²) in [5.74, 6) is -0.101. The van der Waals surface area contributed by atoms with Crippen molar-refractivity contribution in [2.45, 2.75) is 6.42 Å². The van der Waals surface area contributed by atoms with Crippen molar-refractivity contribution in [3.05, 3.63) is 17.9 Å². The van der Waals surface area contributed by atoms with Crippen LogP contribution >= 0.6 is 0 Å². The molecule has 5 heteroatoms. The molecule has 0 aliphatic carbocycles. The molecule has 1 aromatic heterocycles. The molecule has 0 atom stereocenters. The Balaban J connectivity index is 2.69. The summed E-state index contributed by atoms with van der Waals surface area (Å²) in [5.41, 5.74) is 0.596. The molecule has 13 heavy (non-hydrogen) atoms. The second-order valence-corrected chi connectivity index (χ2v) is 2.29. The first-order chi connectivity index (χ1) is 6.27. The van der Waals surface area contributed by atoms with Crippen molar-refractivity contribution in [3.63, 3.8) is 0 Å². The van der Waals surface area contributed by atoms with E-state index in [-0.39, 0.29) is 18.3 Å². The summed E-state index contributed by atoms with van der Waals surface area (Å²) in [7, 11) is 1.30. The van der Waals surface area contributed by atoms with Gasteiger partial charge in [0.2, 0.25) is 12.3 Å². The smallest absolute Gasteiger partial charge is 0.310 e. The molecule has 0 unspecified atom stereocenters. The van der Waals surface area contributed by atoms with E-state index in [4.69, 9.17) is 4.42 Å². The predicted octanol–water partition coefficient (Wildman–Crippen LogP) is 0.563. The lowest BCUT2D eigenvalue weighted by molar-refractivity contribution is -0.139. The van der Waals surface area contributed by atoms with Gasteiger partial charge in [0.05, 0.1) is 19.8 Å². The minimum atomic E-state index is -0.379. The Morgan fingerprint density at radius 3 is 3.15 bits per heavy atom. The summed E-state index contributed by atoms with van der Waals surface area (Å²) in [6.45, 7) is 0. The van der Waals surface area contributed by atoms with Gasteiger partial charge in [0, 0.05) is 5.56 Å². The number of furan rings is 1. The van der Waals surface area contributed by atoms with Gasteiger partial charge in [-0.1, -0.05) is 0 Å². The lowest BCUT2D eigenvalue weighted by Gasteiger charge is -1.98. The Morgan fingerprint density at radius 2 is 2.54 bits per heavy atom. The van der Waals surface area contributed by atoms with Crippen molar-refractivity contribution in [1.82, 2.24) is 0 Å². The molecular weight excluding hydrogens is 174 g/mol. The van der Waals surface area contributed by atoms with Gasteiger partial charge in [-0.15, -0.1) is 0 Å². The first kappa shape index (κ1) is 9.31. The van der Waals surface area contributed by atoms with Crippen LogP contribution in [0.15, 0.2) is 16.7 Å². The molecule has 0 bridgehead atoms. The zero-order chi connectivity index (χ0) is 9.68. The zero-order valence-corrected chi connectivity index (χ0v) is 7.07. The lowest BCUT2D eigenvalue weighted by Crippen LogP contribution is -2.05. The Morgan fingerprint density at radius 1 is 1.77 bits per heavy atom. The molecule has 0 spiro atoms. The van der Waals surface area contributed by atoms with E-state index < -0.39 is 0 Å². The first-order valence-electron chi connectivity index (χ1n) is 3.61. The molecule has 0 saturated heterocycles. The summed E-state index contributed by atoms with van der Waals surface area (Å²) in [4.78, 5) is 20.9. The Bertz CT molecular complexity index is 305. The van der Waals surface area contributed by atoms with E-state index in [9.17, 15) is 9.59 Å². The van der Waals surface area contributed by atoms with E-state index >= 15 is 0 Å². The zero-order valence-electron chi connectivity index (χ0n) is 7.07. The Labute approximate surface area is 74.7 Å². The average Bonchev–Trinajstić information content (AvgIpc) is 2.54. The molecular formula is C8H9NO4. The fourth-order valence-electron chi connectivity index (χ4n) is 0.883. The van der Waals surface area contributed by atoms with E-state index in [1.165, 1.54) is 13.4 Å². The second kappa shape index (κ2) is 4.30. The van der Waals surface area contributed by atoms with Crippen LogP contribution in [0.3, 0.4) is 0 Å². The highest BCUT2D eigenvalue weighted by atomic mass is 16.5. The molecule has 1 N–H and O–H groups in total. The van der Waals surface area contributed by atoms with Crippen LogP contribution < -0.4 is 5.32 Å². The van der Waals surface area contributed by atoms with E-state index in [0.29, 0.717) is 12.0 Å². The fraction of sp³-hybridized carbons (Fsp3) is 0.250. The van der Waals surface area contributed by atoms with Crippen molar-refractivity contribution in [2.24, 2.45) is 0 Å². The van der Waals surface area contributed by atoms with Crippen molar-refractivity contribution in [2.75, 3.05) is 12.4 Å². The highest BCUT2D eigenvalue weighted by Crippen LogP contribution is 2.16. The van der Waals surface area contributed by atoms with Gasteiger partial charge in [0.25, 0.3) is 0 Å². The highest BCUT2D eigenvalue weighted by molar-refractivity contribution is 5.77. The van der Waals surface area contributed by atoms with E-state index in [1.807, 2.05) is 0 Å². The maximum Gasteiger partial charge on any atom is 0.310 e. The number of carbonyl (C=O) groups excluding carboxylic acids is 2. The summed E-state index contributed by atoms with van der Waals surface area (Å²) in [6.07, 6.45) is 1.97. The van der Waals surface area contributed by atoms with Crippen LogP contribution in [0.1, 0.15) is 5.56 Å². The molecule has 0 fully saturated rings. The Kier molecular flexibility index (Phi) is 3.08. The number of hydrogen-bond acceptors (Lipinski definition) is 4. The van der Waals surface area contributed by atoms with Crippen molar-refractivity contribution < 1.29 is 18.7 Å². The van der Waals surface area contributed by atoms with Gasteiger partial charge < -0.3 is 9.15 Å². The summed E-state index contributed by atoms with van der Waals surface area (Å²) < 4.78 is 9.36. The lowest BCUT2D eigenvalue weighted by atomic mass is 10.2. The molecule has 0 aliphatic heterocycles. The van der Waals surface area contributed by atoms with E-state index in [2.05, 4.69) is 10.1 Å². The standard InChI is InChI=1S/C8H9NO4/c1-12-7(11)4-6-2-3-13-8(6)9-5-10/h2-3,5H,4H2,1H3,(H,9,10). The third-order valence-electron chi connectivity index (χ3n) is 1.50. The quantitative estimate of drug-likeness (QED) is 0.547. The minimum absolute atomic E-state index is 0.0865. The third kappa shape index (κ3) is 2.33. The van der Waals surface area contributed by atoms with Gasteiger partial charge in [-0.2, -0.15) is 0 Å². The number of hydrogen-bond donors (Lipinski definition) is 1. The normalized spacial score (nSPS) is 9.31. The number of amides is 1. The number of esters is 1. The van der Waals surface area contributed by atoms with Crippen LogP contribution in [0.4, 0.5) is 5.88 Å². The molecule has 0 aliphatic rings. The van der Waals surface area contributed by atoms with Crippen LogP contribution in [0.25, 0.3) is 0 Å². The SMILES string of the molecule is COC(=O)Cc1ccoc1NC=O.